The minimum absolute atomic E-state index is 0.0496. The van der Waals surface area contributed by atoms with Crippen LogP contribution in [-0.4, -0.2) is 15.7 Å². The number of aromatic nitrogens is 2. The number of nitrogens with two attached hydrogens (primary N) is 1. The van der Waals surface area contributed by atoms with E-state index in [0.29, 0.717) is 13.1 Å². The Hall–Kier alpha value is -2.21. The predicted octanol–water partition coefficient (Wildman–Crippen LogP) is 1.56. The Kier molecular flexibility index (Phi) is 4.37. The number of rotatable bonds is 4. The third kappa shape index (κ3) is 3.11. The second-order valence-electron chi connectivity index (χ2n) is 5.07. The van der Waals surface area contributed by atoms with Gasteiger partial charge in [0.25, 0.3) is 5.91 Å². The fraction of sp³-hybridized carbons (Fsp3) is 0.333. The van der Waals surface area contributed by atoms with Gasteiger partial charge in [0, 0.05) is 20.1 Å². The summed E-state index contributed by atoms with van der Waals surface area (Å²) in [4.78, 5) is 12.0. The number of hydrogen-bond donors (Lipinski definition) is 2. The molecule has 0 fully saturated rings. The monoisotopic (exact) mass is 290 g/mol. The van der Waals surface area contributed by atoms with Crippen LogP contribution in [0.4, 0.5) is 4.39 Å². The highest BCUT2D eigenvalue weighted by Gasteiger charge is 2.16. The lowest BCUT2D eigenvalue weighted by Gasteiger charge is -2.13. The van der Waals surface area contributed by atoms with E-state index in [-0.39, 0.29) is 5.56 Å². The number of nitrogens with zero attached hydrogens (tertiary/aromatic N) is 2. The van der Waals surface area contributed by atoms with Crippen LogP contribution in [0.5, 0.6) is 0 Å². The molecule has 0 saturated heterocycles. The van der Waals surface area contributed by atoms with Crippen LogP contribution in [0.2, 0.25) is 0 Å². The summed E-state index contributed by atoms with van der Waals surface area (Å²) in [6.45, 7) is 4.77. The third-order valence-corrected chi connectivity index (χ3v) is 3.53. The van der Waals surface area contributed by atoms with Crippen molar-refractivity contribution >= 4 is 5.91 Å². The minimum atomic E-state index is -0.639. The molecule has 2 aromatic rings. The topological polar surface area (TPSA) is 72.9 Å². The van der Waals surface area contributed by atoms with E-state index in [4.69, 9.17) is 5.73 Å². The number of carbonyl (C=O) groups is 1. The summed E-state index contributed by atoms with van der Waals surface area (Å²) in [5, 5.41) is 6.44. The average Bonchev–Trinajstić information content (AvgIpc) is 2.77. The largest absolute Gasteiger partial charge is 0.348 e. The van der Waals surface area contributed by atoms with Crippen molar-refractivity contribution in [2.45, 2.75) is 26.9 Å². The molecule has 1 heterocycles. The van der Waals surface area contributed by atoms with E-state index >= 15 is 0 Å². The van der Waals surface area contributed by atoms with Crippen molar-refractivity contribution in [1.82, 2.24) is 15.1 Å². The molecule has 0 unspecified atom stereocenters. The van der Waals surface area contributed by atoms with Gasteiger partial charge in [-0.1, -0.05) is 12.1 Å². The van der Waals surface area contributed by atoms with Gasteiger partial charge in [-0.15, -0.1) is 0 Å². The molecule has 0 spiro atoms. The second-order valence-corrected chi connectivity index (χ2v) is 5.07. The van der Waals surface area contributed by atoms with E-state index < -0.39 is 11.9 Å². The quantitative estimate of drug-likeness (QED) is 0.897. The number of benzene rings is 1. The van der Waals surface area contributed by atoms with E-state index in [1.807, 2.05) is 26.0 Å². The molecule has 5 nitrogen and oxygen atoms in total. The summed E-state index contributed by atoms with van der Waals surface area (Å²) in [7, 11) is 1.45. The first-order valence-electron chi connectivity index (χ1n) is 6.68. The number of hydrogen-bond acceptors (Lipinski definition) is 3. The van der Waals surface area contributed by atoms with E-state index in [1.54, 1.807) is 0 Å². The van der Waals surface area contributed by atoms with E-state index in [2.05, 4.69) is 10.4 Å². The van der Waals surface area contributed by atoms with E-state index in [9.17, 15) is 9.18 Å². The molecule has 0 saturated carbocycles. The standard InChI is InChI=1S/C15H19FN4O/c1-9-4-11(6-17)5-10(2)12(9)7-18-15(21)13-8-19-20(3)14(13)16/h4-5,8H,6-7,17H2,1-3H3,(H,18,21). The molecule has 0 aliphatic carbocycles. The Balaban J connectivity index is 2.13. The van der Waals surface area contributed by atoms with Gasteiger partial charge in [-0.2, -0.15) is 9.49 Å². The molecule has 1 aromatic carbocycles. The van der Waals surface area contributed by atoms with E-state index in [1.165, 1.54) is 13.2 Å². The van der Waals surface area contributed by atoms with Gasteiger partial charge >= 0.3 is 0 Å². The van der Waals surface area contributed by atoms with Crippen LogP contribution in [0.3, 0.4) is 0 Å². The maximum Gasteiger partial charge on any atom is 0.257 e. The summed E-state index contributed by atoms with van der Waals surface area (Å²) in [6.07, 6.45) is 1.22. The van der Waals surface area contributed by atoms with Crippen LogP contribution in [0.25, 0.3) is 0 Å². The first kappa shape index (κ1) is 15.2. The summed E-state index contributed by atoms with van der Waals surface area (Å²) < 4.78 is 14.7. The minimum Gasteiger partial charge on any atom is -0.348 e. The summed E-state index contributed by atoms with van der Waals surface area (Å²) in [5.41, 5.74) is 9.77. The fourth-order valence-corrected chi connectivity index (χ4v) is 2.32. The molecule has 0 atom stereocenters. The number of carbonyl (C=O) groups excluding carboxylic acids is 1. The molecule has 0 aliphatic heterocycles. The molecule has 3 N–H and O–H groups in total. The maximum absolute atomic E-state index is 13.6. The molecule has 1 amide bonds. The molecule has 21 heavy (non-hydrogen) atoms. The molecular formula is C15H19FN4O. The molecule has 1 aromatic heterocycles. The lowest BCUT2D eigenvalue weighted by molar-refractivity contribution is 0.0946. The number of aryl methyl sites for hydroxylation is 3. The summed E-state index contributed by atoms with van der Waals surface area (Å²) in [5.74, 6) is -1.11. The molecule has 6 heteroatoms. The van der Waals surface area contributed by atoms with Crippen molar-refractivity contribution < 1.29 is 9.18 Å². The Bertz CT molecular complexity index is 655. The highest BCUT2D eigenvalue weighted by Crippen LogP contribution is 2.17. The van der Waals surface area contributed by atoms with Crippen LogP contribution in [0.15, 0.2) is 18.3 Å². The highest BCUT2D eigenvalue weighted by atomic mass is 19.1. The predicted molar refractivity (Wildman–Crippen MR) is 78.1 cm³/mol. The van der Waals surface area contributed by atoms with Crippen LogP contribution in [0, 0.1) is 19.8 Å². The van der Waals surface area contributed by atoms with Gasteiger partial charge in [0.15, 0.2) is 0 Å². The van der Waals surface area contributed by atoms with Gasteiger partial charge in [0.05, 0.1) is 6.20 Å². The van der Waals surface area contributed by atoms with Crippen LogP contribution in [0.1, 0.15) is 32.6 Å². The zero-order valence-corrected chi connectivity index (χ0v) is 12.4. The number of nitrogens with one attached hydrogen (secondary N) is 1. The zero-order valence-electron chi connectivity index (χ0n) is 12.4. The lowest BCUT2D eigenvalue weighted by atomic mass is 9.99. The van der Waals surface area contributed by atoms with Crippen LogP contribution < -0.4 is 11.1 Å². The first-order valence-corrected chi connectivity index (χ1v) is 6.68. The SMILES string of the molecule is Cc1cc(CN)cc(C)c1CNC(=O)c1cnn(C)c1F. The number of halogens is 1. The van der Waals surface area contributed by atoms with Crippen LogP contribution >= 0.6 is 0 Å². The molecular weight excluding hydrogens is 271 g/mol. The summed E-state index contributed by atoms with van der Waals surface area (Å²) >= 11 is 0. The molecule has 0 bridgehead atoms. The smallest absolute Gasteiger partial charge is 0.257 e. The fourth-order valence-electron chi connectivity index (χ4n) is 2.32. The van der Waals surface area contributed by atoms with Crippen molar-refractivity contribution in [3.8, 4) is 0 Å². The Morgan fingerprint density at radius 1 is 1.38 bits per heavy atom. The van der Waals surface area contributed by atoms with Gasteiger partial charge in [0.2, 0.25) is 5.95 Å². The molecule has 2 rings (SSSR count). The van der Waals surface area contributed by atoms with Crippen molar-refractivity contribution in [1.29, 1.82) is 0 Å². The zero-order chi connectivity index (χ0) is 15.6. The van der Waals surface area contributed by atoms with E-state index in [0.717, 1.165) is 26.9 Å². The van der Waals surface area contributed by atoms with Gasteiger partial charge in [-0.25, -0.2) is 4.68 Å². The molecule has 112 valence electrons. The molecule has 0 aliphatic rings. The number of amides is 1. The maximum atomic E-state index is 13.6. The summed E-state index contributed by atoms with van der Waals surface area (Å²) in [6, 6.07) is 4.00. The second kappa shape index (κ2) is 6.05. The van der Waals surface area contributed by atoms with Gasteiger partial charge in [-0.05, 0) is 36.1 Å². The Labute approximate surface area is 123 Å². The van der Waals surface area contributed by atoms with Crippen molar-refractivity contribution in [3.05, 3.63) is 52.1 Å². The van der Waals surface area contributed by atoms with Crippen molar-refractivity contribution in [2.24, 2.45) is 12.8 Å². The van der Waals surface area contributed by atoms with Gasteiger partial charge < -0.3 is 11.1 Å². The van der Waals surface area contributed by atoms with Gasteiger partial charge in [0.1, 0.15) is 5.56 Å². The highest BCUT2D eigenvalue weighted by molar-refractivity contribution is 5.93. The average molecular weight is 290 g/mol. The van der Waals surface area contributed by atoms with Gasteiger partial charge in [-0.3, -0.25) is 4.79 Å². The van der Waals surface area contributed by atoms with Crippen LogP contribution in [-0.2, 0) is 20.1 Å². The van der Waals surface area contributed by atoms with Crippen molar-refractivity contribution in [2.75, 3.05) is 0 Å². The Morgan fingerprint density at radius 2 is 2.00 bits per heavy atom. The third-order valence-electron chi connectivity index (χ3n) is 3.53. The van der Waals surface area contributed by atoms with Crippen molar-refractivity contribution in [3.63, 3.8) is 0 Å². The first-order chi connectivity index (χ1) is 9.93. The Morgan fingerprint density at radius 3 is 2.48 bits per heavy atom. The lowest BCUT2D eigenvalue weighted by Crippen LogP contribution is -2.24. The normalized spacial score (nSPS) is 10.7. The molecule has 0 radical (unpaired) electrons.